The highest BCUT2D eigenvalue weighted by Gasteiger charge is 2.52. The maximum atomic E-state index is 6.19. The summed E-state index contributed by atoms with van der Waals surface area (Å²) in [6.45, 7) is 8.23. The molecule has 3 aliphatic rings. The number of hydrogen-bond donors (Lipinski definition) is 0. The minimum atomic E-state index is -0.434. The molecule has 0 atom stereocenters. The standard InChI is InChI=1S/C46H31N3.C27H26BN3O2.C25H17Br/c1-5-15-33(16-6-1)43-47-44(34-17-7-2-8-18-34)49-45(48-43)35-27-25-32(26-28-35)36-29-30-40-39-23-13-14-24-41(39)46(42(40)31-36,37-19-9-3-10-20-37)38-21-11-4-12-22-38;1-26(2)27(3,4)33-28(32-26)22-17-15-21(16-18-22)25-30-23(19-11-7-5-8-12-19)29-24(31-25)20-13-9-6-10-14-20;26-20-15-16-22-21-13-7-8-14-23(21)25(24(22)17-20,18-9-3-1-4-10-18)19-11-5-2-6-12-19/h1-31H;5-18H,1-4H3;1-17H. The van der Waals surface area contributed by atoms with Crippen molar-refractivity contribution in [3.05, 3.63) is 425 Å². The molecule has 0 radical (unpaired) electrons. The Balaban J connectivity index is 0.000000126. The zero-order valence-corrected chi connectivity index (χ0v) is 61.8. The number of fused-ring (bicyclic) bond motifs is 6. The summed E-state index contributed by atoms with van der Waals surface area (Å²) in [5, 5.41) is 0. The lowest BCUT2D eigenvalue weighted by Crippen LogP contribution is -2.41. The van der Waals surface area contributed by atoms with E-state index in [1.165, 1.54) is 72.3 Å². The van der Waals surface area contributed by atoms with Crippen molar-refractivity contribution in [1.29, 1.82) is 0 Å². The Morgan fingerprint density at radius 1 is 0.231 bits per heavy atom. The molecule has 0 unspecified atom stereocenters. The van der Waals surface area contributed by atoms with Crippen LogP contribution in [0.3, 0.4) is 0 Å². The zero-order valence-electron chi connectivity index (χ0n) is 60.3. The second-order valence-corrected chi connectivity index (χ2v) is 29.3. The molecular weight excluding hydrogens is 1380 g/mol. The summed E-state index contributed by atoms with van der Waals surface area (Å²) in [7, 11) is -0.401. The second kappa shape index (κ2) is 29.1. The Labute approximate surface area is 640 Å². The molecule has 1 aliphatic heterocycles. The van der Waals surface area contributed by atoms with E-state index >= 15 is 0 Å². The number of benzene rings is 14. The molecule has 19 rings (SSSR count). The first-order valence-corrected chi connectivity index (χ1v) is 37.4. The van der Waals surface area contributed by atoms with E-state index in [4.69, 9.17) is 39.2 Å². The van der Waals surface area contributed by atoms with Gasteiger partial charge in [0.15, 0.2) is 34.9 Å². The van der Waals surface area contributed by atoms with Gasteiger partial charge in [-0.1, -0.05) is 374 Å². The Morgan fingerprint density at radius 3 is 0.824 bits per heavy atom. The Bertz CT molecular complexity index is 5660. The summed E-state index contributed by atoms with van der Waals surface area (Å²) in [4.78, 5) is 29.1. The van der Waals surface area contributed by atoms with Crippen LogP contribution in [0.4, 0.5) is 0 Å². The number of rotatable bonds is 12. The number of nitrogens with zero attached hydrogens (tertiary/aromatic N) is 6. The third-order valence-corrected chi connectivity index (χ3v) is 21.9. The molecule has 0 amide bonds. The van der Waals surface area contributed by atoms with Crippen LogP contribution in [0, 0.1) is 0 Å². The van der Waals surface area contributed by atoms with Crippen LogP contribution in [0.5, 0.6) is 0 Å². The first-order valence-electron chi connectivity index (χ1n) is 36.6. The van der Waals surface area contributed by atoms with E-state index in [0.29, 0.717) is 34.9 Å². The molecule has 0 bridgehead atoms. The van der Waals surface area contributed by atoms with Gasteiger partial charge in [0.05, 0.1) is 22.0 Å². The van der Waals surface area contributed by atoms with Gasteiger partial charge < -0.3 is 9.31 Å². The summed E-state index contributed by atoms with van der Waals surface area (Å²) in [5.41, 5.74) is 23.1. The lowest BCUT2D eigenvalue weighted by Gasteiger charge is -2.34. The highest BCUT2D eigenvalue weighted by molar-refractivity contribution is 9.10. The van der Waals surface area contributed by atoms with Crippen LogP contribution in [-0.4, -0.2) is 48.2 Å². The Hall–Kier alpha value is -12.4. The van der Waals surface area contributed by atoms with Crippen LogP contribution in [0.25, 0.3) is 102 Å². The van der Waals surface area contributed by atoms with Gasteiger partial charge in [-0.3, -0.25) is 0 Å². The predicted molar refractivity (Wildman–Crippen MR) is 442 cm³/mol. The first-order chi connectivity index (χ1) is 52.9. The molecule has 2 aromatic heterocycles. The molecule has 3 heterocycles. The summed E-state index contributed by atoms with van der Waals surface area (Å²) >= 11 is 3.71. The van der Waals surface area contributed by atoms with Gasteiger partial charge in [0, 0.05) is 37.9 Å². The van der Waals surface area contributed by atoms with Crippen molar-refractivity contribution in [3.63, 3.8) is 0 Å². The zero-order chi connectivity index (χ0) is 73.2. The van der Waals surface area contributed by atoms with Gasteiger partial charge in [-0.15, -0.1) is 0 Å². The van der Waals surface area contributed by atoms with Crippen LogP contribution in [-0.2, 0) is 20.1 Å². The van der Waals surface area contributed by atoms with E-state index in [2.05, 4.69) is 274 Å². The molecule has 1 fully saturated rings. The van der Waals surface area contributed by atoms with E-state index in [0.717, 1.165) is 48.9 Å². The third-order valence-electron chi connectivity index (χ3n) is 21.4. The fraction of sp³-hybridized carbons (Fsp3) is 0.0816. The average molecular weight is 1460 g/mol. The van der Waals surface area contributed by atoms with E-state index in [9.17, 15) is 0 Å². The lowest BCUT2D eigenvalue weighted by molar-refractivity contribution is 0.00578. The van der Waals surface area contributed by atoms with Crippen molar-refractivity contribution < 1.29 is 9.31 Å². The van der Waals surface area contributed by atoms with Gasteiger partial charge >= 0.3 is 7.12 Å². The van der Waals surface area contributed by atoms with E-state index < -0.39 is 12.5 Å². The number of aromatic nitrogens is 6. The molecular formula is C98H74BBrN6O2. The van der Waals surface area contributed by atoms with E-state index in [1.807, 2.05) is 146 Å². The summed E-state index contributed by atoms with van der Waals surface area (Å²) in [6.07, 6.45) is 0. The van der Waals surface area contributed by atoms with Gasteiger partial charge in [-0.25, -0.2) is 29.9 Å². The van der Waals surface area contributed by atoms with Crippen molar-refractivity contribution >= 4 is 28.5 Å². The summed E-state index contributed by atoms with van der Waals surface area (Å²) in [6, 6.07) is 132. The molecule has 1 saturated heterocycles. The summed E-state index contributed by atoms with van der Waals surface area (Å²) < 4.78 is 13.5. The SMILES string of the molecule is Brc1ccc2c(c1)C(c1ccccc1)(c1ccccc1)c1ccccc1-2.CC1(C)OB(c2ccc(-c3nc(-c4ccccc4)nc(-c4ccccc4)n3)cc2)OC1(C)C.c1ccc(-c2nc(-c3ccccc3)nc(-c3ccc(-c4ccc5c(c4)C(c4ccccc4)(c4ccccc4)c4ccccc4-5)cc3)n2)cc1. The smallest absolute Gasteiger partial charge is 0.399 e. The minimum absolute atomic E-state index is 0.293. The quantitative estimate of drug-likeness (QED) is 0.112. The molecule has 16 aromatic rings. The molecule has 518 valence electrons. The van der Waals surface area contributed by atoms with Crippen molar-refractivity contribution in [2.75, 3.05) is 0 Å². The van der Waals surface area contributed by atoms with Crippen molar-refractivity contribution in [3.8, 4) is 102 Å². The maximum Gasteiger partial charge on any atom is 0.494 e. The molecule has 14 aromatic carbocycles. The molecule has 0 N–H and O–H groups in total. The van der Waals surface area contributed by atoms with Gasteiger partial charge in [0.1, 0.15) is 0 Å². The van der Waals surface area contributed by atoms with Crippen LogP contribution in [0.2, 0.25) is 0 Å². The van der Waals surface area contributed by atoms with Gasteiger partial charge in [-0.2, -0.15) is 0 Å². The van der Waals surface area contributed by atoms with Gasteiger partial charge in [0.25, 0.3) is 0 Å². The van der Waals surface area contributed by atoms with E-state index in [-0.39, 0.29) is 16.6 Å². The third kappa shape index (κ3) is 12.8. The van der Waals surface area contributed by atoms with E-state index in [1.54, 1.807) is 0 Å². The average Bonchev–Trinajstić information content (AvgIpc) is 1.54. The van der Waals surface area contributed by atoms with Crippen molar-refractivity contribution in [2.24, 2.45) is 0 Å². The van der Waals surface area contributed by atoms with Crippen molar-refractivity contribution in [2.45, 2.75) is 49.7 Å². The first kappa shape index (κ1) is 68.7. The number of halogens is 1. The predicted octanol–water partition coefficient (Wildman–Crippen LogP) is 22.9. The second-order valence-electron chi connectivity index (χ2n) is 28.4. The molecule has 2 aliphatic carbocycles. The van der Waals surface area contributed by atoms with Crippen LogP contribution in [0.15, 0.2) is 381 Å². The fourth-order valence-corrected chi connectivity index (χ4v) is 15.9. The molecule has 108 heavy (non-hydrogen) atoms. The molecule has 0 spiro atoms. The minimum Gasteiger partial charge on any atom is -0.399 e. The van der Waals surface area contributed by atoms with Gasteiger partial charge in [0.2, 0.25) is 0 Å². The lowest BCUT2D eigenvalue weighted by atomic mass is 9.67. The maximum absolute atomic E-state index is 6.19. The van der Waals surface area contributed by atoms with Crippen molar-refractivity contribution in [1.82, 2.24) is 29.9 Å². The van der Waals surface area contributed by atoms with Crippen LogP contribution in [0.1, 0.15) is 72.2 Å². The largest absolute Gasteiger partial charge is 0.494 e. The van der Waals surface area contributed by atoms with Gasteiger partial charge in [-0.05, 0) is 129 Å². The van der Waals surface area contributed by atoms with Crippen LogP contribution < -0.4 is 5.46 Å². The number of hydrogen-bond acceptors (Lipinski definition) is 8. The Morgan fingerprint density at radius 2 is 0.481 bits per heavy atom. The monoisotopic (exact) mass is 1460 g/mol. The molecule has 10 heteroatoms. The molecule has 0 saturated carbocycles. The highest BCUT2D eigenvalue weighted by atomic mass is 79.9. The molecule has 8 nitrogen and oxygen atoms in total. The topological polar surface area (TPSA) is 95.8 Å². The highest BCUT2D eigenvalue weighted by Crippen LogP contribution is 2.58. The Kier molecular flexibility index (Phi) is 18.5. The summed E-state index contributed by atoms with van der Waals surface area (Å²) in [5.74, 6) is 3.89. The fourth-order valence-electron chi connectivity index (χ4n) is 15.5. The normalized spacial score (nSPS) is 14.2. The van der Waals surface area contributed by atoms with Crippen LogP contribution >= 0.6 is 15.9 Å².